The molecule has 0 saturated heterocycles. The number of nitrogens with one attached hydrogen (secondary N) is 1. The Morgan fingerprint density at radius 3 is 2.81 bits per heavy atom. The third kappa shape index (κ3) is 3.02. The molecule has 3 atom stereocenters. The van der Waals surface area contributed by atoms with Gasteiger partial charge in [0.25, 0.3) is 5.91 Å². The predicted octanol–water partition coefficient (Wildman–Crippen LogP) is 5.17. The molecule has 1 aromatic heterocycles. The highest BCUT2D eigenvalue weighted by Gasteiger charge is 2.42. The smallest absolute Gasteiger partial charge is 0.387 e. The minimum Gasteiger partial charge on any atom is -0.434 e. The van der Waals surface area contributed by atoms with Crippen LogP contribution in [-0.2, 0) is 6.42 Å². The second-order valence-corrected chi connectivity index (χ2v) is 9.59. The number of aromatic nitrogens is 2. The van der Waals surface area contributed by atoms with Crippen LogP contribution in [0.25, 0.3) is 22.2 Å². The Hall–Kier alpha value is -3.85. The standard InChI is InChI=1S/C27H21F3N4O2/c28-16-9-14(8-13-4-6-17(31)23(13)16)12-5-7-18-20(10-12)34-21-11-19(25(34)32-18)33-26(35)15-2-1-3-22(24(15)21)36-27(29)30/h1-3,5,7-10,17,19,21,27H,4,6,11,31H2,(H,33,35)/t17-,19+,21+/m0/s1. The van der Waals surface area contributed by atoms with Gasteiger partial charge in [0.05, 0.1) is 23.1 Å². The number of hydrogen-bond acceptors (Lipinski definition) is 4. The van der Waals surface area contributed by atoms with Crippen LogP contribution < -0.4 is 15.8 Å². The number of carbonyl (C=O) groups excluding carboxylic acids is 1. The van der Waals surface area contributed by atoms with Crippen molar-refractivity contribution in [2.75, 3.05) is 0 Å². The van der Waals surface area contributed by atoms with Gasteiger partial charge in [-0.2, -0.15) is 8.78 Å². The van der Waals surface area contributed by atoms with Crippen molar-refractivity contribution >= 4 is 16.9 Å². The Labute approximate surface area is 203 Å². The van der Waals surface area contributed by atoms with E-state index >= 15 is 0 Å². The summed E-state index contributed by atoms with van der Waals surface area (Å²) in [6.07, 6.45) is 1.93. The molecule has 1 aliphatic carbocycles. The van der Waals surface area contributed by atoms with Crippen LogP contribution in [0.4, 0.5) is 13.2 Å². The lowest BCUT2D eigenvalue weighted by Crippen LogP contribution is -2.28. The minimum absolute atomic E-state index is 0.0220. The van der Waals surface area contributed by atoms with Gasteiger partial charge in [0.2, 0.25) is 0 Å². The fraction of sp³-hybridized carbons (Fsp3) is 0.259. The fourth-order valence-electron chi connectivity index (χ4n) is 6.11. The van der Waals surface area contributed by atoms with Crippen LogP contribution in [0.2, 0.25) is 0 Å². The molecule has 0 spiro atoms. The van der Waals surface area contributed by atoms with Crippen molar-refractivity contribution in [3.63, 3.8) is 0 Å². The number of halogens is 3. The van der Waals surface area contributed by atoms with Gasteiger partial charge in [0.1, 0.15) is 17.4 Å². The first-order valence-corrected chi connectivity index (χ1v) is 11.9. The highest BCUT2D eigenvalue weighted by atomic mass is 19.3. The lowest BCUT2D eigenvalue weighted by molar-refractivity contribution is -0.0507. The largest absolute Gasteiger partial charge is 0.434 e. The first kappa shape index (κ1) is 21.4. The molecule has 6 nitrogen and oxygen atoms in total. The molecule has 3 heterocycles. The van der Waals surface area contributed by atoms with Crippen molar-refractivity contribution in [1.82, 2.24) is 14.9 Å². The molecule has 0 fully saturated rings. The number of amides is 1. The van der Waals surface area contributed by atoms with Crippen molar-refractivity contribution in [3.05, 3.63) is 82.4 Å². The third-order valence-corrected chi connectivity index (χ3v) is 7.61. The normalized spacial score (nSPS) is 21.8. The van der Waals surface area contributed by atoms with Gasteiger partial charge in [0, 0.05) is 22.7 Å². The van der Waals surface area contributed by atoms with E-state index in [0.29, 0.717) is 34.5 Å². The molecule has 1 amide bonds. The highest BCUT2D eigenvalue weighted by molar-refractivity contribution is 5.98. The molecular weight excluding hydrogens is 469 g/mol. The van der Waals surface area contributed by atoms with Gasteiger partial charge in [-0.1, -0.05) is 18.2 Å². The molecule has 0 radical (unpaired) electrons. The van der Waals surface area contributed by atoms with Crippen molar-refractivity contribution < 1.29 is 22.7 Å². The predicted molar refractivity (Wildman–Crippen MR) is 126 cm³/mol. The van der Waals surface area contributed by atoms with E-state index in [2.05, 4.69) is 5.32 Å². The molecule has 36 heavy (non-hydrogen) atoms. The molecule has 2 aliphatic heterocycles. The topological polar surface area (TPSA) is 82.2 Å². The van der Waals surface area contributed by atoms with Crippen LogP contribution in [-0.4, -0.2) is 22.1 Å². The molecule has 7 rings (SSSR count). The Kier molecular flexibility index (Phi) is 4.51. The van der Waals surface area contributed by atoms with Crippen molar-refractivity contribution in [3.8, 4) is 16.9 Å². The zero-order chi connectivity index (χ0) is 24.7. The average Bonchev–Trinajstić information content (AvgIpc) is 3.48. The van der Waals surface area contributed by atoms with E-state index in [-0.39, 0.29) is 29.6 Å². The lowest BCUT2D eigenvalue weighted by atomic mass is 9.97. The van der Waals surface area contributed by atoms with Crippen molar-refractivity contribution in [2.24, 2.45) is 5.73 Å². The van der Waals surface area contributed by atoms with Crippen LogP contribution in [0.5, 0.6) is 5.75 Å². The number of fused-ring (bicyclic) bond motifs is 10. The van der Waals surface area contributed by atoms with Crippen LogP contribution in [0, 0.1) is 5.82 Å². The third-order valence-electron chi connectivity index (χ3n) is 7.61. The van der Waals surface area contributed by atoms with E-state index in [1.807, 2.05) is 28.8 Å². The van der Waals surface area contributed by atoms with E-state index in [1.54, 1.807) is 6.07 Å². The average molecular weight is 490 g/mol. The number of aryl methyl sites for hydroxylation is 1. The summed E-state index contributed by atoms with van der Waals surface area (Å²) in [5.74, 6) is -0.0118. The van der Waals surface area contributed by atoms with E-state index in [0.717, 1.165) is 35.0 Å². The van der Waals surface area contributed by atoms with E-state index < -0.39 is 12.7 Å². The number of hydrogen-bond donors (Lipinski definition) is 2. The first-order valence-electron chi connectivity index (χ1n) is 11.9. The van der Waals surface area contributed by atoms with Crippen LogP contribution in [0.15, 0.2) is 48.5 Å². The molecular formula is C27H21F3N4O2. The summed E-state index contributed by atoms with van der Waals surface area (Å²) in [7, 11) is 0. The lowest BCUT2D eigenvalue weighted by Gasteiger charge is -2.21. The molecule has 0 saturated carbocycles. The number of alkyl halides is 2. The number of rotatable bonds is 3. The SMILES string of the molecule is N[C@H]1CCc2cc(-c3ccc4nc5n(c4c3)[C@@H]3C[C@H]5NC(=O)c4cccc(OC(F)F)c43)cc(F)c21. The number of nitrogens with zero attached hydrogens (tertiary/aromatic N) is 2. The molecule has 3 aromatic carbocycles. The first-order chi connectivity index (χ1) is 17.4. The Bertz CT molecular complexity index is 1580. The summed E-state index contributed by atoms with van der Waals surface area (Å²) in [5.41, 5.74) is 11.4. The molecule has 0 unspecified atom stereocenters. The zero-order valence-corrected chi connectivity index (χ0v) is 19.0. The van der Waals surface area contributed by atoms with Crippen molar-refractivity contribution in [2.45, 2.75) is 44.0 Å². The summed E-state index contributed by atoms with van der Waals surface area (Å²) in [6, 6.07) is 12.7. The monoisotopic (exact) mass is 490 g/mol. The minimum atomic E-state index is -3.02. The number of imidazole rings is 1. The fourth-order valence-corrected chi connectivity index (χ4v) is 6.11. The maximum absolute atomic E-state index is 14.9. The van der Waals surface area contributed by atoms with Gasteiger partial charge < -0.3 is 20.4 Å². The van der Waals surface area contributed by atoms with Gasteiger partial charge in [-0.3, -0.25) is 4.79 Å². The summed E-state index contributed by atoms with van der Waals surface area (Å²) >= 11 is 0. The van der Waals surface area contributed by atoms with Crippen molar-refractivity contribution in [1.29, 1.82) is 0 Å². The van der Waals surface area contributed by atoms with Gasteiger partial charge in [0.15, 0.2) is 0 Å². The van der Waals surface area contributed by atoms with Gasteiger partial charge in [-0.15, -0.1) is 0 Å². The second-order valence-electron chi connectivity index (χ2n) is 9.59. The van der Waals surface area contributed by atoms with Crippen LogP contribution in [0.1, 0.15) is 63.8 Å². The second kappa shape index (κ2) is 7.57. The Balaban J connectivity index is 1.40. The summed E-state index contributed by atoms with van der Waals surface area (Å²) in [5, 5.41) is 2.98. The molecule has 2 bridgehead atoms. The van der Waals surface area contributed by atoms with Gasteiger partial charge >= 0.3 is 6.61 Å². The zero-order valence-electron chi connectivity index (χ0n) is 19.0. The maximum atomic E-state index is 14.9. The van der Waals surface area contributed by atoms with Crippen LogP contribution in [0.3, 0.4) is 0 Å². The number of carbonyl (C=O) groups is 1. The van der Waals surface area contributed by atoms with E-state index in [4.69, 9.17) is 15.5 Å². The molecule has 9 heteroatoms. The van der Waals surface area contributed by atoms with E-state index in [1.165, 1.54) is 18.2 Å². The molecule has 4 aromatic rings. The summed E-state index contributed by atoms with van der Waals surface area (Å²) in [6.45, 7) is -3.02. The Morgan fingerprint density at radius 1 is 1.11 bits per heavy atom. The molecule has 3 N–H and O–H groups in total. The molecule has 182 valence electrons. The van der Waals surface area contributed by atoms with Crippen LogP contribution >= 0.6 is 0 Å². The maximum Gasteiger partial charge on any atom is 0.387 e. The number of benzene rings is 3. The summed E-state index contributed by atoms with van der Waals surface area (Å²) < 4.78 is 48.2. The summed E-state index contributed by atoms with van der Waals surface area (Å²) in [4.78, 5) is 17.7. The number of ether oxygens (including phenoxy) is 1. The van der Waals surface area contributed by atoms with Gasteiger partial charge in [-0.05, 0) is 66.3 Å². The molecule has 3 aliphatic rings. The van der Waals surface area contributed by atoms with E-state index in [9.17, 15) is 18.0 Å². The highest BCUT2D eigenvalue weighted by Crippen LogP contribution is 2.48. The quantitative estimate of drug-likeness (QED) is 0.415. The Morgan fingerprint density at radius 2 is 1.97 bits per heavy atom. The number of nitrogens with two attached hydrogens (primary N) is 1. The van der Waals surface area contributed by atoms with Gasteiger partial charge in [-0.25, -0.2) is 9.37 Å².